The topological polar surface area (TPSA) is 57.5 Å². The number of hydrogen-bond acceptors (Lipinski definition) is 2. The van der Waals surface area contributed by atoms with Gasteiger partial charge in [0.05, 0.1) is 0 Å². The highest BCUT2D eigenvalue weighted by molar-refractivity contribution is 5.93. The fourth-order valence-corrected chi connectivity index (χ4v) is 5.53. The van der Waals surface area contributed by atoms with Crippen molar-refractivity contribution in [2.45, 2.75) is 12.3 Å². The van der Waals surface area contributed by atoms with E-state index in [1.54, 1.807) is 6.07 Å². The van der Waals surface area contributed by atoms with E-state index in [0.717, 1.165) is 43.8 Å². The summed E-state index contributed by atoms with van der Waals surface area (Å²) in [6.07, 6.45) is 0.429. The van der Waals surface area contributed by atoms with Crippen molar-refractivity contribution in [1.29, 1.82) is 0 Å². The molecule has 6 rings (SSSR count). The van der Waals surface area contributed by atoms with Crippen LogP contribution in [0.4, 0.5) is 0 Å². The first-order valence-corrected chi connectivity index (χ1v) is 12.7. The summed E-state index contributed by atoms with van der Waals surface area (Å²) >= 11 is 0. The number of aromatic carboxylic acids is 1. The highest BCUT2D eigenvalue weighted by Crippen LogP contribution is 2.41. The van der Waals surface area contributed by atoms with E-state index in [9.17, 15) is 15.0 Å². The molecule has 0 fully saturated rings. The van der Waals surface area contributed by atoms with Gasteiger partial charge in [-0.25, -0.2) is 4.79 Å². The molecule has 0 bridgehead atoms. The van der Waals surface area contributed by atoms with Crippen LogP contribution in [0, 0.1) is 0 Å². The van der Waals surface area contributed by atoms with E-state index in [1.165, 1.54) is 0 Å². The van der Waals surface area contributed by atoms with Crippen molar-refractivity contribution < 1.29 is 15.0 Å². The second kappa shape index (κ2) is 9.87. The second-order valence-corrected chi connectivity index (χ2v) is 9.61. The Kier molecular flexibility index (Phi) is 6.11. The first-order chi connectivity index (χ1) is 18.6. The Morgan fingerprint density at radius 2 is 1.16 bits per heavy atom. The third-order valence-electron chi connectivity index (χ3n) is 7.28. The lowest BCUT2D eigenvalue weighted by atomic mass is 9.79. The van der Waals surface area contributed by atoms with Gasteiger partial charge < -0.3 is 10.2 Å². The molecule has 0 heterocycles. The van der Waals surface area contributed by atoms with Crippen LogP contribution < -0.4 is 0 Å². The molecule has 6 aromatic rings. The molecule has 0 unspecified atom stereocenters. The molecule has 2 N–H and O–H groups in total. The molecule has 0 saturated carbocycles. The second-order valence-electron chi connectivity index (χ2n) is 9.61. The van der Waals surface area contributed by atoms with Crippen LogP contribution in [0.25, 0.3) is 21.5 Å². The Morgan fingerprint density at radius 1 is 0.632 bits per heavy atom. The largest absolute Gasteiger partial charge is 0.507 e. The summed E-state index contributed by atoms with van der Waals surface area (Å²) in [7, 11) is 0. The Balaban J connectivity index is 1.66. The van der Waals surface area contributed by atoms with Gasteiger partial charge in [-0.1, -0.05) is 121 Å². The van der Waals surface area contributed by atoms with Gasteiger partial charge in [-0.05, 0) is 55.4 Å². The summed E-state index contributed by atoms with van der Waals surface area (Å²) in [5.74, 6) is -1.58. The van der Waals surface area contributed by atoms with Gasteiger partial charge in [0.2, 0.25) is 0 Å². The maximum Gasteiger partial charge on any atom is 0.339 e. The maximum absolute atomic E-state index is 12.3. The van der Waals surface area contributed by atoms with Crippen LogP contribution in [0.1, 0.15) is 44.1 Å². The molecule has 0 saturated heterocycles. The quantitative estimate of drug-likeness (QED) is 0.230. The lowest BCUT2D eigenvalue weighted by Gasteiger charge is -2.24. The number of carbonyl (C=O) groups is 1. The fourth-order valence-electron chi connectivity index (χ4n) is 5.53. The molecule has 38 heavy (non-hydrogen) atoms. The van der Waals surface area contributed by atoms with Gasteiger partial charge >= 0.3 is 5.97 Å². The number of phenols is 1. The van der Waals surface area contributed by atoms with Gasteiger partial charge in [-0.2, -0.15) is 0 Å². The van der Waals surface area contributed by atoms with Gasteiger partial charge in [0, 0.05) is 12.3 Å². The van der Waals surface area contributed by atoms with Gasteiger partial charge in [-0.15, -0.1) is 0 Å². The van der Waals surface area contributed by atoms with Crippen molar-refractivity contribution in [3.8, 4) is 5.75 Å². The highest BCUT2D eigenvalue weighted by Gasteiger charge is 2.25. The summed E-state index contributed by atoms with van der Waals surface area (Å²) in [4.78, 5) is 12.3. The van der Waals surface area contributed by atoms with Crippen molar-refractivity contribution in [1.82, 2.24) is 0 Å². The molecule has 184 valence electrons. The molecule has 0 aliphatic rings. The van der Waals surface area contributed by atoms with E-state index in [1.807, 2.05) is 60.7 Å². The van der Waals surface area contributed by atoms with Crippen LogP contribution in [-0.2, 0) is 6.42 Å². The standard InChI is InChI=1S/C35H26O3/c36-34-27(20-23-10-2-1-3-11-23)21-26(22-32(34)35(37)38)33(30-18-8-14-24-12-4-6-16-28(24)30)31-19-9-15-25-13-5-7-17-29(25)31/h1-19,21-22,33,36H,20H2,(H,37,38). The fraction of sp³-hybridized carbons (Fsp3) is 0.0571. The molecule has 6 aromatic carbocycles. The van der Waals surface area contributed by atoms with E-state index < -0.39 is 5.97 Å². The third kappa shape index (κ3) is 4.29. The Bertz CT molecular complexity index is 1700. The van der Waals surface area contributed by atoms with Crippen LogP contribution in [0.2, 0.25) is 0 Å². The van der Waals surface area contributed by atoms with Crippen LogP contribution in [0.15, 0.2) is 127 Å². The van der Waals surface area contributed by atoms with Crippen LogP contribution in [0.3, 0.4) is 0 Å². The summed E-state index contributed by atoms with van der Waals surface area (Å²) in [5, 5.41) is 25.6. The zero-order valence-corrected chi connectivity index (χ0v) is 20.7. The van der Waals surface area contributed by atoms with Gasteiger partial charge in [0.15, 0.2) is 0 Å². The van der Waals surface area contributed by atoms with Gasteiger partial charge in [-0.3, -0.25) is 0 Å². The molecule has 0 radical (unpaired) electrons. The van der Waals surface area contributed by atoms with Crippen molar-refractivity contribution in [3.05, 3.63) is 161 Å². The minimum atomic E-state index is -1.15. The lowest BCUT2D eigenvalue weighted by molar-refractivity contribution is 0.0693. The zero-order chi connectivity index (χ0) is 26.1. The minimum Gasteiger partial charge on any atom is -0.507 e. The van der Waals surface area contributed by atoms with E-state index >= 15 is 0 Å². The smallest absolute Gasteiger partial charge is 0.339 e. The Morgan fingerprint density at radius 3 is 1.74 bits per heavy atom. The number of benzene rings is 6. The molecule has 0 spiro atoms. The lowest BCUT2D eigenvalue weighted by Crippen LogP contribution is -2.09. The van der Waals surface area contributed by atoms with Crippen LogP contribution >= 0.6 is 0 Å². The average molecular weight is 495 g/mol. The van der Waals surface area contributed by atoms with Gasteiger partial charge in [0.25, 0.3) is 0 Å². The van der Waals surface area contributed by atoms with Crippen molar-refractivity contribution in [2.75, 3.05) is 0 Å². The molecule has 3 nitrogen and oxygen atoms in total. The summed E-state index contributed by atoms with van der Waals surface area (Å²) in [5.41, 5.74) is 4.52. The predicted octanol–water partition coefficient (Wildman–Crippen LogP) is 8.17. The predicted molar refractivity (Wildman–Crippen MR) is 153 cm³/mol. The first-order valence-electron chi connectivity index (χ1n) is 12.7. The average Bonchev–Trinajstić information content (AvgIpc) is 2.95. The number of fused-ring (bicyclic) bond motifs is 2. The van der Waals surface area contributed by atoms with E-state index in [2.05, 4.69) is 60.7 Å². The SMILES string of the molecule is O=C(O)c1cc(C(c2cccc3ccccc23)c2cccc3ccccc23)cc(Cc2ccccc2)c1O. The van der Waals surface area contributed by atoms with E-state index in [4.69, 9.17) is 0 Å². The zero-order valence-electron chi connectivity index (χ0n) is 20.7. The normalized spacial score (nSPS) is 11.3. The molecule has 0 atom stereocenters. The van der Waals surface area contributed by atoms with Crippen molar-refractivity contribution in [3.63, 3.8) is 0 Å². The molecule has 0 aromatic heterocycles. The number of aromatic hydroxyl groups is 1. The van der Waals surface area contributed by atoms with Crippen LogP contribution in [0.5, 0.6) is 5.75 Å². The molecule has 3 heteroatoms. The molecular formula is C35H26O3. The minimum absolute atomic E-state index is 0.0843. The number of rotatable bonds is 6. The van der Waals surface area contributed by atoms with Crippen molar-refractivity contribution in [2.24, 2.45) is 0 Å². The Hall–Kier alpha value is -4.89. The third-order valence-corrected chi connectivity index (χ3v) is 7.28. The number of carboxylic acid groups (broad SMARTS) is 1. The molecule has 0 aliphatic carbocycles. The summed E-state index contributed by atoms with van der Waals surface area (Å²) in [6.45, 7) is 0. The Labute approximate surface area is 221 Å². The van der Waals surface area contributed by atoms with Crippen molar-refractivity contribution >= 4 is 27.5 Å². The number of hydrogen-bond donors (Lipinski definition) is 2. The van der Waals surface area contributed by atoms with E-state index in [0.29, 0.717) is 12.0 Å². The van der Waals surface area contributed by atoms with E-state index in [-0.39, 0.29) is 17.2 Å². The molecule has 0 aliphatic heterocycles. The molecule has 0 amide bonds. The monoisotopic (exact) mass is 494 g/mol. The van der Waals surface area contributed by atoms with Crippen LogP contribution in [-0.4, -0.2) is 16.2 Å². The number of carboxylic acids is 1. The molecular weight excluding hydrogens is 468 g/mol. The summed E-state index contributed by atoms with van der Waals surface area (Å²) < 4.78 is 0. The van der Waals surface area contributed by atoms with Gasteiger partial charge in [0.1, 0.15) is 11.3 Å². The highest BCUT2D eigenvalue weighted by atomic mass is 16.4. The first kappa shape index (κ1) is 23.5. The summed E-state index contributed by atoms with van der Waals surface area (Å²) in [6, 6.07) is 42.5. The maximum atomic E-state index is 12.3.